The molecule has 1 fully saturated rings. The number of carbonyl (C=O) groups excluding carboxylic acids is 3. The van der Waals surface area contributed by atoms with Crippen molar-refractivity contribution in [1.29, 1.82) is 0 Å². The second-order valence-electron chi connectivity index (χ2n) is 6.77. The molecule has 0 aliphatic carbocycles. The Morgan fingerprint density at radius 3 is 2.34 bits per heavy atom. The van der Waals surface area contributed by atoms with Gasteiger partial charge in [-0.1, -0.05) is 12.1 Å². The lowest BCUT2D eigenvalue weighted by molar-refractivity contribution is -0.137. The Bertz CT molecular complexity index is 690. The lowest BCUT2D eigenvalue weighted by atomic mass is 10.2. The van der Waals surface area contributed by atoms with E-state index >= 15 is 0 Å². The molecule has 0 aromatic heterocycles. The summed E-state index contributed by atoms with van der Waals surface area (Å²) in [6, 6.07) is 5.89. The molecule has 1 aromatic carbocycles. The molecule has 0 spiro atoms. The molecule has 0 saturated carbocycles. The van der Waals surface area contributed by atoms with E-state index in [0.29, 0.717) is 39.3 Å². The minimum Gasteiger partial charge on any atom is -0.450 e. The third kappa shape index (κ3) is 7.34. The van der Waals surface area contributed by atoms with E-state index in [1.165, 1.54) is 17.0 Å². The van der Waals surface area contributed by atoms with Gasteiger partial charge in [-0.2, -0.15) is 0 Å². The van der Waals surface area contributed by atoms with Gasteiger partial charge in [0.15, 0.2) is 0 Å². The van der Waals surface area contributed by atoms with Crippen molar-refractivity contribution in [3.05, 3.63) is 35.6 Å². The number of benzene rings is 1. The second kappa shape index (κ2) is 11.4. The number of nitrogens with one attached hydrogen (secondary N) is 1. The van der Waals surface area contributed by atoms with Gasteiger partial charge in [0.05, 0.1) is 19.7 Å². The van der Waals surface area contributed by atoms with Crippen LogP contribution in [-0.2, 0) is 20.9 Å². The number of ether oxygens (including phenoxy) is 1. The van der Waals surface area contributed by atoms with Crippen molar-refractivity contribution in [3.63, 3.8) is 0 Å². The maximum atomic E-state index is 12.9. The predicted octanol–water partition coefficient (Wildman–Crippen LogP) is 1.06. The first-order valence-electron chi connectivity index (χ1n) is 9.85. The van der Waals surface area contributed by atoms with E-state index < -0.39 is 0 Å². The van der Waals surface area contributed by atoms with Gasteiger partial charge in [0.25, 0.3) is 0 Å². The van der Waals surface area contributed by atoms with Crippen molar-refractivity contribution < 1.29 is 23.5 Å². The first kappa shape index (κ1) is 22.6. The second-order valence-corrected chi connectivity index (χ2v) is 6.77. The van der Waals surface area contributed by atoms with Gasteiger partial charge in [0.1, 0.15) is 5.82 Å². The van der Waals surface area contributed by atoms with Crippen molar-refractivity contribution in [2.24, 2.45) is 0 Å². The van der Waals surface area contributed by atoms with Gasteiger partial charge in [0, 0.05) is 39.3 Å². The molecule has 2 rings (SSSR count). The van der Waals surface area contributed by atoms with E-state index in [1.54, 1.807) is 24.0 Å². The summed E-state index contributed by atoms with van der Waals surface area (Å²) in [7, 11) is 0. The molecule has 1 saturated heterocycles. The summed E-state index contributed by atoms with van der Waals surface area (Å²) in [6.45, 7) is 6.99. The molecule has 29 heavy (non-hydrogen) atoms. The van der Waals surface area contributed by atoms with E-state index in [1.807, 2.05) is 11.8 Å². The van der Waals surface area contributed by atoms with E-state index in [0.717, 1.165) is 5.56 Å². The molecule has 9 heteroatoms. The Kier molecular flexibility index (Phi) is 8.85. The van der Waals surface area contributed by atoms with Crippen LogP contribution in [0.2, 0.25) is 0 Å². The highest BCUT2D eigenvalue weighted by Gasteiger charge is 2.25. The average molecular weight is 408 g/mol. The van der Waals surface area contributed by atoms with Crippen LogP contribution in [0, 0.1) is 5.82 Å². The van der Waals surface area contributed by atoms with Gasteiger partial charge in [-0.3, -0.25) is 14.5 Å². The Balaban J connectivity index is 1.74. The number of rotatable bonds is 8. The summed E-state index contributed by atoms with van der Waals surface area (Å²) in [5.41, 5.74) is 0.786. The van der Waals surface area contributed by atoms with Crippen LogP contribution in [0.4, 0.5) is 9.18 Å². The van der Waals surface area contributed by atoms with Crippen molar-refractivity contribution in [2.45, 2.75) is 20.4 Å². The van der Waals surface area contributed by atoms with Crippen LogP contribution in [-0.4, -0.2) is 85.0 Å². The van der Waals surface area contributed by atoms with E-state index in [2.05, 4.69) is 5.32 Å². The molecule has 0 atom stereocenters. The van der Waals surface area contributed by atoms with Gasteiger partial charge < -0.3 is 19.9 Å². The first-order valence-corrected chi connectivity index (χ1v) is 9.85. The molecule has 8 nitrogen and oxygen atoms in total. The number of halogens is 1. The van der Waals surface area contributed by atoms with Crippen molar-refractivity contribution >= 4 is 17.9 Å². The average Bonchev–Trinajstić information content (AvgIpc) is 2.72. The highest BCUT2D eigenvalue weighted by Crippen LogP contribution is 2.05. The van der Waals surface area contributed by atoms with Gasteiger partial charge in [-0.05, 0) is 31.5 Å². The van der Waals surface area contributed by atoms with Crippen LogP contribution >= 0.6 is 0 Å². The Morgan fingerprint density at radius 1 is 1.10 bits per heavy atom. The Morgan fingerprint density at radius 2 is 1.76 bits per heavy atom. The van der Waals surface area contributed by atoms with E-state index in [4.69, 9.17) is 4.74 Å². The summed E-state index contributed by atoms with van der Waals surface area (Å²) >= 11 is 0. The van der Waals surface area contributed by atoms with Crippen molar-refractivity contribution in [3.8, 4) is 0 Å². The zero-order chi connectivity index (χ0) is 21.2. The van der Waals surface area contributed by atoms with Crippen LogP contribution in [0.3, 0.4) is 0 Å². The SMILES string of the molecule is CCOC(=O)N1CCN(CC(=O)N(CC)CC(=O)NCc2ccc(F)cc2)CC1. The van der Waals surface area contributed by atoms with Crippen molar-refractivity contribution in [1.82, 2.24) is 20.0 Å². The first-order chi connectivity index (χ1) is 13.9. The minimum absolute atomic E-state index is 0.0285. The third-order valence-corrected chi connectivity index (χ3v) is 4.73. The maximum absolute atomic E-state index is 12.9. The third-order valence-electron chi connectivity index (χ3n) is 4.73. The number of piperazine rings is 1. The van der Waals surface area contributed by atoms with Crippen LogP contribution in [0.25, 0.3) is 0 Å². The zero-order valence-corrected chi connectivity index (χ0v) is 17.0. The van der Waals surface area contributed by atoms with Gasteiger partial charge >= 0.3 is 6.09 Å². The highest BCUT2D eigenvalue weighted by molar-refractivity contribution is 5.85. The molecular formula is C20H29FN4O4. The Hall–Kier alpha value is -2.68. The molecule has 1 N–H and O–H groups in total. The summed E-state index contributed by atoms with van der Waals surface area (Å²) in [5.74, 6) is -0.725. The zero-order valence-electron chi connectivity index (χ0n) is 17.0. The van der Waals surface area contributed by atoms with Crippen molar-refractivity contribution in [2.75, 3.05) is 52.4 Å². The predicted molar refractivity (Wildman–Crippen MR) is 106 cm³/mol. The quantitative estimate of drug-likeness (QED) is 0.696. The largest absolute Gasteiger partial charge is 0.450 e. The Labute approximate surface area is 170 Å². The molecule has 1 aliphatic rings. The fraction of sp³-hybridized carbons (Fsp3) is 0.550. The van der Waals surface area contributed by atoms with E-state index in [9.17, 15) is 18.8 Å². The molecule has 3 amide bonds. The number of amides is 3. The van der Waals surface area contributed by atoms with Crippen LogP contribution in [0.5, 0.6) is 0 Å². The standard InChI is InChI=1S/C20H29FN4O4/c1-3-24(14-18(26)22-13-16-5-7-17(21)8-6-16)19(27)15-23-9-11-25(12-10-23)20(28)29-4-2/h5-8H,3-4,9-15H2,1-2H3,(H,22,26). The monoisotopic (exact) mass is 408 g/mol. The minimum atomic E-state index is -0.328. The molecule has 160 valence electrons. The number of likely N-dealkylation sites (N-methyl/N-ethyl adjacent to an activating group) is 1. The van der Waals surface area contributed by atoms with Gasteiger partial charge in [0.2, 0.25) is 11.8 Å². The maximum Gasteiger partial charge on any atom is 0.409 e. The molecule has 1 aromatic rings. The summed E-state index contributed by atoms with van der Waals surface area (Å²) in [4.78, 5) is 41.6. The fourth-order valence-electron chi connectivity index (χ4n) is 3.00. The topological polar surface area (TPSA) is 82.2 Å². The molecule has 0 unspecified atom stereocenters. The fourth-order valence-corrected chi connectivity index (χ4v) is 3.00. The molecule has 0 radical (unpaired) electrons. The van der Waals surface area contributed by atoms with Gasteiger partial charge in [-0.15, -0.1) is 0 Å². The number of hydrogen-bond donors (Lipinski definition) is 1. The summed E-state index contributed by atoms with van der Waals surface area (Å²) in [5, 5.41) is 2.74. The van der Waals surface area contributed by atoms with Crippen LogP contribution in [0.15, 0.2) is 24.3 Å². The van der Waals surface area contributed by atoms with Crippen LogP contribution in [0.1, 0.15) is 19.4 Å². The molecular weight excluding hydrogens is 379 g/mol. The van der Waals surface area contributed by atoms with E-state index in [-0.39, 0.29) is 43.4 Å². The van der Waals surface area contributed by atoms with Crippen LogP contribution < -0.4 is 5.32 Å². The molecule has 1 heterocycles. The number of hydrogen-bond acceptors (Lipinski definition) is 5. The lowest BCUT2D eigenvalue weighted by Gasteiger charge is -2.34. The lowest BCUT2D eigenvalue weighted by Crippen LogP contribution is -2.52. The van der Waals surface area contributed by atoms with Gasteiger partial charge in [-0.25, -0.2) is 9.18 Å². The summed E-state index contributed by atoms with van der Waals surface area (Å²) in [6.07, 6.45) is -0.327. The normalized spacial score (nSPS) is 14.4. The highest BCUT2D eigenvalue weighted by atomic mass is 19.1. The smallest absolute Gasteiger partial charge is 0.409 e. The molecule has 0 bridgehead atoms. The number of nitrogens with zero attached hydrogens (tertiary/aromatic N) is 3. The summed E-state index contributed by atoms with van der Waals surface area (Å²) < 4.78 is 17.9. The number of carbonyl (C=O) groups is 3. The molecule has 1 aliphatic heterocycles.